The maximum Gasteiger partial charge on any atom is 0.294 e. The summed E-state index contributed by atoms with van der Waals surface area (Å²) in [5.41, 5.74) is 0.00353. The number of nitrogens with one attached hydrogen (secondary N) is 2. The third-order valence-electron chi connectivity index (χ3n) is 2.74. The van der Waals surface area contributed by atoms with Crippen LogP contribution in [0.25, 0.3) is 0 Å². The van der Waals surface area contributed by atoms with Gasteiger partial charge in [-0.1, -0.05) is 0 Å². The van der Waals surface area contributed by atoms with Gasteiger partial charge in [0.05, 0.1) is 9.37 Å². The first-order valence-electron chi connectivity index (χ1n) is 6.53. The largest absolute Gasteiger partial charge is 0.329 e. The van der Waals surface area contributed by atoms with Crippen molar-refractivity contribution < 1.29 is 17.8 Å². The first-order chi connectivity index (χ1) is 11.8. The predicted octanol–water partition coefficient (Wildman–Crippen LogP) is 1.94. The number of carbonyl (C=O) groups excluding carboxylic acids is 1. The molecule has 0 aliphatic heterocycles. The van der Waals surface area contributed by atoms with Crippen molar-refractivity contribution in [3.05, 3.63) is 52.9 Å². The molecule has 0 saturated carbocycles. The number of aromatic nitrogens is 2. The number of nitrogens with zero attached hydrogens (tertiary/aromatic N) is 3. The van der Waals surface area contributed by atoms with Gasteiger partial charge in [0, 0.05) is 24.3 Å². The zero-order valence-electron chi connectivity index (χ0n) is 12.3. The molecule has 1 aromatic carbocycles. The SMILES string of the molecule is N#C/C(=C/Nc1ncc(Br)cn1)C(=O)Nc1ccc(S(=O)(=O)O)cc1. The van der Waals surface area contributed by atoms with Crippen molar-refractivity contribution in [2.24, 2.45) is 0 Å². The minimum absolute atomic E-state index is 0.196. The molecule has 0 bridgehead atoms. The van der Waals surface area contributed by atoms with E-state index in [9.17, 15) is 13.2 Å². The second-order valence-corrected chi connectivity index (χ2v) is 6.83. The van der Waals surface area contributed by atoms with Crippen molar-refractivity contribution in [2.45, 2.75) is 4.90 Å². The topological polar surface area (TPSA) is 145 Å². The number of halogens is 1. The van der Waals surface area contributed by atoms with Crippen LogP contribution in [0.5, 0.6) is 0 Å². The van der Waals surface area contributed by atoms with Crippen molar-refractivity contribution in [1.82, 2.24) is 9.97 Å². The monoisotopic (exact) mass is 423 g/mol. The van der Waals surface area contributed by atoms with Crippen LogP contribution in [0, 0.1) is 11.3 Å². The molecule has 0 radical (unpaired) electrons. The fourth-order valence-corrected chi connectivity index (χ4v) is 2.27. The third-order valence-corrected chi connectivity index (χ3v) is 4.02. The van der Waals surface area contributed by atoms with E-state index < -0.39 is 16.0 Å². The van der Waals surface area contributed by atoms with Crippen molar-refractivity contribution in [1.29, 1.82) is 5.26 Å². The van der Waals surface area contributed by atoms with Gasteiger partial charge in [0.1, 0.15) is 11.6 Å². The summed E-state index contributed by atoms with van der Waals surface area (Å²) in [6.07, 6.45) is 4.13. The van der Waals surface area contributed by atoms with E-state index in [0.717, 1.165) is 18.3 Å². The van der Waals surface area contributed by atoms with Gasteiger partial charge in [0.2, 0.25) is 5.95 Å². The van der Waals surface area contributed by atoms with Crippen molar-refractivity contribution in [2.75, 3.05) is 10.6 Å². The molecule has 2 aromatic rings. The Morgan fingerprint density at radius 3 is 2.36 bits per heavy atom. The lowest BCUT2D eigenvalue weighted by atomic mass is 10.2. The van der Waals surface area contributed by atoms with Crippen LogP contribution < -0.4 is 10.6 Å². The molecule has 0 aliphatic rings. The van der Waals surface area contributed by atoms with E-state index in [2.05, 4.69) is 36.5 Å². The second-order valence-electron chi connectivity index (χ2n) is 4.49. The molecule has 2 rings (SSSR count). The first-order valence-corrected chi connectivity index (χ1v) is 8.76. The third kappa shape index (κ3) is 5.35. The van der Waals surface area contributed by atoms with Crippen LogP contribution in [0.2, 0.25) is 0 Å². The molecule has 0 saturated heterocycles. The summed E-state index contributed by atoms with van der Waals surface area (Å²) >= 11 is 3.18. The van der Waals surface area contributed by atoms with Gasteiger partial charge in [-0.25, -0.2) is 9.97 Å². The van der Waals surface area contributed by atoms with Crippen molar-refractivity contribution in [3.63, 3.8) is 0 Å². The number of anilines is 2. The highest BCUT2D eigenvalue weighted by atomic mass is 79.9. The lowest BCUT2D eigenvalue weighted by Crippen LogP contribution is -2.15. The standard InChI is InChI=1S/C14H10BrN5O4S/c15-10-7-18-14(19-8-10)17-6-9(5-16)13(21)20-11-1-3-12(4-2-11)25(22,23)24/h1-4,6-8H,(H,20,21)(H,17,18,19)(H,22,23,24)/b9-6-. The molecule has 0 fully saturated rings. The molecule has 1 aromatic heterocycles. The predicted molar refractivity (Wildman–Crippen MR) is 91.9 cm³/mol. The summed E-state index contributed by atoms with van der Waals surface area (Å²) in [5, 5.41) is 14.1. The highest BCUT2D eigenvalue weighted by molar-refractivity contribution is 9.10. The van der Waals surface area contributed by atoms with Gasteiger partial charge in [-0.2, -0.15) is 13.7 Å². The number of amides is 1. The lowest BCUT2D eigenvalue weighted by molar-refractivity contribution is -0.112. The molecule has 0 atom stereocenters. The van der Waals surface area contributed by atoms with Gasteiger partial charge in [-0.15, -0.1) is 0 Å². The highest BCUT2D eigenvalue weighted by Gasteiger charge is 2.12. The van der Waals surface area contributed by atoms with Gasteiger partial charge < -0.3 is 10.6 Å². The van der Waals surface area contributed by atoms with E-state index in [1.165, 1.54) is 24.5 Å². The average Bonchev–Trinajstić information content (AvgIpc) is 2.56. The highest BCUT2D eigenvalue weighted by Crippen LogP contribution is 2.14. The Morgan fingerprint density at radius 2 is 1.84 bits per heavy atom. The van der Waals surface area contributed by atoms with E-state index >= 15 is 0 Å². The number of hydrogen-bond donors (Lipinski definition) is 3. The van der Waals surface area contributed by atoms with Gasteiger partial charge in [-0.05, 0) is 40.2 Å². The number of hydrogen-bond acceptors (Lipinski definition) is 7. The van der Waals surface area contributed by atoms with Gasteiger partial charge in [0.15, 0.2) is 0 Å². The van der Waals surface area contributed by atoms with Crippen LogP contribution in [0.15, 0.2) is 57.8 Å². The van der Waals surface area contributed by atoms with Crippen LogP contribution >= 0.6 is 15.9 Å². The van der Waals surface area contributed by atoms with Crippen LogP contribution in [-0.4, -0.2) is 28.8 Å². The number of benzene rings is 1. The molecule has 25 heavy (non-hydrogen) atoms. The van der Waals surface area contributed by atoms with Crippen LogP contribution in [0.1, 0.15) is 0 Å². The molecule has 9 nitrogen and oxygen atoms in total. The fourth-order valence-electron chi connectivity index (χ4n) is 1.58. The van der Waals surface area contributed by atoms with E-state index in [1.807, 2.05) is 0 Å². The van der Waals surface area contributed by atoms with E-state index in [-0.39, 0.29) is 22.1 Å². The minimum atomic E-state index is -4.32. The van der Waals surface area contributed by atoms with Crippen LogP contribution in [0.3, 0.4) is 0 Å². The summed E-state index contributed by atoms with van der Waals surface area (Å²) in [6.45, 7) is 0. The Morgan fingerprint density at radius 1 is 1.24 bits per heavy atom. The van der Waals surface area contributed by atoms with Gasteiger partial charge >= 0.3 is 0 Å². The smallest absolute Gasteiger partial charge is 0.294 e. The molecule has 0 aliphatic carbocycles. The Bertz CT molecular complexity index is 950. The average molecular weight is 424 g/mol. The minimum Gasteiger partial charge on any atom is -0.329 e. The Labute approximate surface area is 151 Å². The van der Waals surface area contributed by atoms with Gasteiger partial charge in [-0.3, -0.25) is 9.35 Å². The summed E-state index contributed by atoms with van der Waals surface area (Å²) in [4.78, 5) is 19.6. The molecule has 11 heteroatoms. The Kier molecular flexibility index (Phi) is 5.81. The molecule has 128 valence electrons. The van der Waals surface area contributed by atoms with E-state index in [4.69, 9.17) is 9.81 Å². The zero-order chi connectivity index (χ0) is 18.4. The quantitative estimate of drug-likeness (QED) is 0.375. The molecule has 0 unspecified atom stereocenters. The van der Waals surface area contributed by atoms with Crippen LogP contribution in [-0.2, 0) is 14.9 Å². The van der Waals surface area contributed by atoms with Gasteiger partial charge in [0.25, 0.3) is 16.0 Å². The normalized spacial score (nSPS) is 11.5. The maximum atomic E-state index is 12.0. The fraction of sp³-hybridized carbons (Fsp3) is 0. The second kappa shape index (κ2) is 7.84. The van der Waals surface area contributed by atoms with E-state index in [1.54, 1.807) is 6.07 Å². The number of rotatable bonds is 5. The summed E-state index contributed by atoms with van der Waals surface area (Å²) in [5.74, 6) is -0.520. The summed E-state index contributed by atoms with van der Waals surface area (Å²) in [6, 6.07) is 6.52. The molecular formula is C14H10BrN5O4S. The van der Waals surface area contributed by atoms with Crippen molar-refractivity contribution in [3.8, 4) is 6.07 Å². The zero-order valence-corrected chi connectivity index (χ0v) is 14.7. The number of carbonyl (C=O) groups is 1. The number of nitriles is 1. The molecule has 1 amide bonds. The Balaban J connectivity index is 2.08. The maximum absolute atomic E-state index is 12.0. The van der Waals surface area contributed by atoms with E-state index in [0.29, 0.717) is 4.47 Å². The van der Waals surface area contributed by atoms with Crippen LogP contribution in [0.4, 0.5) is 11.6 Å². The molecule has 1 heterocycles. The van der Waals surface area contributed by atoms with Crippen molar-refractivity contribution >= 4 is 43.6 Å². The lowest BCUT2D eigenvalue weighted by Gasteiger charge is -2.05. The molecule has 3 N–H and O–H groups in total. The molecular weight excluding hydrogens is 414 g/mol. The first kappa shape index (κ1) is 18.5. The summed E-state index contributed by atoms with van der Waals surface area (Å²) in [7, 11) is -4.32. The Hall–Kier alpha value is -2.81. The summed E-state index contributed by atoms with van der Waals surface area (Å²) < 4.78 is 31.5. The molecule has 0 spiro atoms.